The predicted molar refractivity (Wildman–Crippen MR) is 115 cm³/mol. The summed E-state index contributed by atoms with van der Waals surface area (Å²) in [5.41, 5.74) is 2.44. The van der Waals surface area contributed by atoms with E-state index in [0.29, 0.717) is 10.8 Å². The molecule has 2 N–H and O–H groups in total. The summed E-state index contributed by atoms with van der Waals surface area (Å²) in [7, 11) is 6.36. The van der Waals surface area contributed by atoms with Crippen molar-refractivity contribution >= 4 is 23.4 Å². The lowest BCUT2D eigenvalue weighted by Gasteiger charge is -2.31. The molecule has 0 aliphatic rings. The first-order valence-corrected chi connectivity index (χ1v) is 9.33. The van der Waals surface area contributed by atoms with Gasteiger partial charge in [-0.15, -0.1) is 0 Å². The Balaban J connectivity index is 2.90. The number of benzene rings is 1. The van der Waals surface area contributed by atoms with Crippen molar-refractivity contribution in [2.75, 3.05) is 33.7 Å². The maximum absolute atomic E-state index is 11.5. The number of methoxy groups -OCH3 is 3. The Morgan fingerprint density at radius 2 is 1.96 bits per heavy atom. The molecule has 0 heterocycles. The minimum Gasteiger partial charge on any atom is -0.495 e. The van der Waals surface area contributed by atoms with Gasteiger partial charge in [0.1, 0.15) is 10.8 Å². The second-order valence-corrected chi connectivity index (χ2v) is 7.36. The highest BCUT2D eigenvalue weighted by molar-refractivity contribution is 6.34. The van der Waals surface area contributed by atoms with Gasteiger partial charge >= 0.3 is 6.09 Å². The summed E-state index contributed by atoms with van der Waals surface area (Å²) in [6.07, 6.45) is 5.78. The van der Waals surface area contributed by atoms with E-state index >= 15 is 0 Å². The molecule has 1 aromatic rings. The zero-order valence-electron chi connectivity index (χ0n) is 17.7. The largest absolute Gasteiger partial charge is 0.495 e. The highest BCUT2D eigenvalue weighted by Gasteiger charge is 2.29. The fourth-order valence-corrected chi connectivity index (χ4v) is 3.07. The zero-order valence-corrected chi connectivity index (χ0v) is 18.4. The van der Waals surface area contributed by atoms with E-state index in [9.17, 15) is 4.79 Å². The fraction of sp³-hybridized carbons (Fsp3) is 0.476. The quantitative estimate of drug-likeness (QED) is 0.583. The van der Waals surface area contributed by atoms with E-state index in [2.05, 4.69) is 15.4 Å². The molecule has 7 heteroatoms. The monoisotopic (exact) mass is 410 g/mol. The van der Waals surface area contributed by atoms with Crippen molar-refractivity contribution in [3.8, 4) is 5.75 Å². The summed E-state index contributed by atoms with van der Waals surface area (Å²) in [6.45, 7) is 5.79. The number of carbonyl (C=O) groups excluding carboxylic acids is 1. The van der Waals surface area contributed by atoms with Crippen LogP contribution in [0.25, 0.3) is 0 Å². The van der Waals surface area contributed by atoms with Crippen molar-refractivity contribution in [3.63, 3.8) is 0 Å². The molecule has 0 saturated carbocycles. The van der Waals surface area contributed by atoms with Gasteiger partial charge in [-0.25, -0.2) is 4.79 Å². The molecule has 1 atom stereocenters. The van der Waals surface area contributed by atoms with Gasteiger partial charge in [0.15, 0.2) is 0 Å². The minimum atomic E-state index is -0.620. The standard InChI is InChI=1S/C21H31ClN2O4/c1-14(11-15-12-16(23-4)19(22)17(13-15)26-5)9-8-10-18(27-6)21(2,3)24-20(25)28-7/h8-10,12-13,18,23H,11H2,1-7H3,(H,24,25)/b10-8+,14-9+/t18-/m1/s1. The minimum absolute atomic E-state index is 0.317. The first-order chi connectivity index (χ1) is 13.2. The van der Waals surface area contributed by atoms with Crippen LogP contribution >= 0.6 is 11.6 Å². The first-order valence-electron chi connectivity index (χ1n) is 8.95. The number of alkyl carbamates (subject to hydrolysis) is 1. The van der Waals surface area contributed by atoms with E-state index in [-0.39, 0.29) is 6.10 Å². The summed E-state index contributed by atoms with van der Waals surface area (Å²) in [6, 6.07) is 3.94. The number of ether oxygens (including phenoxy) is 3. The van der Waals surface area contributed by atoms with Crippen LogP contribution in [0.5, 0.6) is 5.75 Å². The molecule has 0 aromatic heterocycles. The van der Waals surface area contributed by atoms with Gasteiger partial charge in [0, 0.05) is 14.2 Å². The number of hydrogen-bond donors (Lipinski definition) is 2. The lowest BCUT2D eigenvalue weighted by atomic mass is 9.96. The van der Waals surface area contributed by atoms with E-state index in [1.807, 2.05) is 58.2 Å². The fourth-order valence-electron chi connectivity index (χ4n) is 2.79. The number of halogens is 1. The average Bonchev–Trinajstić information content (AvgIpc) is 2.65. The molecule has 6 nitrogen and oxygen atoms in total. The van der Waals surface area contributed by atoms with Gasteiger partial charge in [0.2, 0.25) is 0 Å². The molecule has 0 radical (unpaired) electrons. The molecule has 0 bridgehead atoms. The molecule has 156 valence electrons. The third-order valence-corrected chi connectivity index (χ3v) is 4.70. The number of hydrogen-bond acceptors (Lipinski definition) is 5. The van der Waals surface area contributed by atoms with Crippen LogP contribution < -0.4 is 15.4 Å². The lowest BCUT2D eigenvalue weighted by Crippen LogP contribution is -2.52. The van der Waals surface area contributed by atoms with Crippen LogP contribution in [-0.4, -0.2) is 46.1 Å². The SMILES string of the molecule is CNc1cc(C/C(C)=C/C=C/[C@@H](OC)C(C)(C)NC(=O)OC)cc(OC)c1Cl. The molecule has 0 aliphatic heterocycles. The van der Waals surface area contributed by atoms with Gasteiger partial charge in [-0.3, -0.25) is 0 Å². The molecule has 0 aliphatic carbocycles. The molecule has 0 unspecified atom stereocenters. The third-order valence-electron chi connectivity index (χ3n) is 4.31. The first kappa shape index (κ1) is 23.9. The molecule has 1 aromatic carbocycles. The topological polar surface area (TPSA) is 68.8 Å². The highest BCUT2D eigenvalue weighted by atomic mass is 35.5. The second kappa shape index (κ2) is 11.0. The van der Waals surface area contributed by atoms with Crippen LogP contribution in [-0.2, 0) is 15.9 Å². The van der Waals surface area contributed by atoms with Crippen molar-refractivity contribution in [1.82, 2.24) is 5.32 Å². The Labute approximate surface area is 172 Å². The summed E-state index contributed by atoms with van der Waals surface area (Å²) >= 11 is 6.28. The maximum atomic E-state index is 11.5. The molecule has 0 saturated heterocycles. The third kappa shape index (κ3) is 6.77. The van der Waals surface area contributed by atoms with E-state index in [1.54, 1.807) is 14.2 Å². The van der Waals surface area contributed by atoms with Gasteiger partial charge in [-0.2, -0.15) is 0 Å². The van der Waals surface area contributed by atoms with Crippen LogP contribution in [0.3, 0.4) is 0 Å². The van der Waals surface area contributed by atoms with Crippen LogP contribution in [0, 0.1) is 0 Å². The molecule has 0 fully saturated rings. The van der Waals surface area contributed by atoms with Crippen molar-refractivity contribution in [1.29, 1.82) is 0 Å². The Kier molecular flexibility index (Phi) is 9.35. The summed E-state index contributed by atoms with van der Waals surface area (Å²) in [5, 5.41) is 6.42. The number of rotatable bonds is 9. The molecule has 28 heavy (non-hydrogen) atoms. The van der Waals surface area contributed by atoms with E-state index in [4.69, 9.17) is 21.1 Å². The summed E-state index contributed by atoms with van der Waals surface area (Å²) < 4.78 is 15.5. The van der Waals surface area contributed by atoms with Crippen LogP contribution in [0.4, 0.5) is 10.5 Å². The number of allylic oxidation sites excluding steroid dienone is 3. The number of anilines is 1. The summed E-state index contributed by atoms with van der Waals surface area (Å²) in [5.74, 6) is 0.641. The maximum Gasteiger partial charge on any atom is 0.407 e. The van der Waals surface area contributed by atoms with E-state index < -0.39 is 11.6 Å². The van der Waals surface area contributed by atoms with Gasteiger partial charge < -0.3 is 24.8 Å². The number of nitrogens with one attached hydrogen (secondary N) is 2. The normalized spacial score (nSPS) is 13.4. The Morgan fingerprint density at radius 1 is 1.29 bits per heavy atom. The Hall–Kier alpha value is -2.18. The molecule has 1 amide bonds. The average molecular weight is 411 g/mol. The molecule has 0 spiro atoms. The van der Waals surface area contributed by atoms with Crippen molar-refractivity contribution in [2.45, 2.75) is 38.8 Å². The highest BCUT2D eigenvalue weighted by Crippen LogP contribution is 2.34. The summed E-state index contributed by atoms with van der Waals surface area (Å²) in [4.78, 5) is 11.5. The van der Waals surface area contributed by atoms with E-state index in [1.165, 1.54) is 7.11 Å². The van der Waals surface area contributed by atoms with Crippen molar-refractivity contribution in [2.24, 2.45) is 0 Å². The van der Waals surface area contributed by atoms with Crippen molar-refractivity contribution < 1.29 is 19.0 Å². The Bertz CT molecular complexity index is 704. The van der Waals surface area contributed by atoms with Crippen LogP contribution in [0.2, 0.25) is 5.02 Å². The van der Waals surface area contributed by atoms with Crippen LogP contribution in [0.1, 0.15) is 26.3 Å². The van der Waals surface area contributed by atoms with Gasteiger partial charge in [-0.1, -0.05) is 35.4 Å². The van der Waals surface area contributed by atoms with E-state index in [0.717, 1.165) is 23.2 Å². The van der Waals surface area contributed by atoms with Gasteiger partial charge in [-0.05, 0) is 44.9 Å². The zero-order chi connectivity index (χ0) is 21.3. The number of carbonyl (C=O) groups is 1. The molecular weight excluding hydrogens is 380 g/mol. The van der Waals surface area contributed by atoms with Gasteiger partial charge in [0.05, 0.1) is 31.5 Å². The van der Waals surface area contributed by atoms with Crippen LogP contribution in [0.15, 0.2) is 35.9 Å². The smallest absolute Gasteiger partial charge is 0.407 e. The Morgan fingerprint density at radius 3 is 2.50 bits per heavy atom. The van der Waals surface area contributed by atoms with Gasteiger partial charge in [0.25, 0.3) is 0 Å². The van der Waals surface area contributed by atoms with Crippen molar-refractivity contribution in [3.05, 3.63) is 46.5 Å². The molecular formula is C21H31ClN2O4. The molecule has 1 rings (SSSR count). The number of amides is 1. The lowest BCUT2D eigenvalue weighted by molar-refractivity contribution is 0.0643. The second-order valence-electron chi connectivity index (χ2n) is 6.98. The predicted octanol–water partition coefficient (Wildman–Crippen LogP) is 4.58.